The molecule has 0 aliphatic heterocycles. The Morgan fingerprint density at radius 3 is 1.23 bits per heavy atom. The predicted octanol–water partition coefficient (Wildman–Crippen LogP) is 2.85. The van der Waals surface area contributed by atoms with Crippen molar-refractivity contribution in [3.63, 3.8) is 0 Å². The van der Waals surface area contributed by atoms with Gasteiger partial charge in [0.25, 0.3) is 0 Å². The van der Waals surface area contributed by atoms with Gasteiger partial charge in [-0.1, -0.05) is 19.3 Å². The van der Waals surface area contributed by atoms with Gasteiger partial charge in [0.2, 0.25) is 0 Å². The quantitative estimate of drug-likeness (QED) is 0.0638. The van der Waals surface area contributed by atoms with E-state index in [1.807, 2.05) is 12.1 Å². The minimum absolute atomic E-state index is 0.189. The number of hydrogen-bond acceptors (Lipinski definition) is 13. The summed E-state index contributed by atoms with van der Waals surface area (Å²) < 4.78 is 59.3. The minimum Gasteiger partial charge on any atom is -0.460 e. The number of unbranched alkanes of at least 4 members (excludes halogenated alkanes) is 1. The van der Waals surface area contributed by atoms with Crippen LogP contribution in [0, 0.1) is 12.3 Å². The Morgan fingerprint density at radius 2 is 0.894 bits per heavy atom. The van der Waals surface area contributed by atoms with Crippen molar-refractivity contribution in [2.24, 2.45) is 0 Å². The second-order valence-electron chi connectivity index (χ2n) is 9.76. The van der Waals surface area contributed by atoms with Crippen LogP contribution in [0.3, 0.4) is 0 Å². The normalized spacial score (nSPS) is 11.1. The Hall–Kier alpha value is -2.35. The number of carbonyl (C=O) groups excluding carboxylic acids is 1. The molecule has 0 saturated carbocycles. The molecule has 0 bridgehead atoms. The first-order chi connectivity index (χ1) is 23.3. The van der Waals surface area contributed by atoms with E-state index < -0.39 is 0 Å². The van der Waals surface area contributed by atoms with Crippen molar-refractivity contribution in [3.8, 4) is 12.3 Å². The van der Waals surface area contributed by atoms with E-state index in [2.05, 4.69) is 18.2 Å². The van der Waals surface area contributed by atoms with Crippen molar-refractivity contribution in [1.82, 2.24) is 0 Å². The molecule has 0 heterocycles. The first kappa shape index (κ1) is 42.7. The number of esters is 1. The van der Waals surface area contributed by atoms with Crippen molar-refractivity contribution in [3.05, 3.63) is 29.8 Å². The molecular weight excluding hydrogens is 614 g/mol. The maximum Gasteiger partial charge on any atom is 0.338 e. The van der Waals surface area contributed by atoms with Gasteiger partial charge in [0, 0.05) is 12.2 Å². The molecule has 0 radical (unpaired) electrons. The third-order valence-corrected chi connectivity index (χ3v) is 5.97. The monoisotopic (exact) mass is 671 g/mol. The zero-order valence-corrected chi connectivity index (χ0v) is 28.3. The van der Waals surface area contributed by atoms with Gasteiger partial charge in [-0.2, -0.15) is 0 Å². The first-order valence-corrected chi connectivity index (χ1v) is 16.5. The van der Waals surface area contributed by atoms with E-state index in [1.54, 1.807) is 12.1 Å². The second-order valence-corrected chi connectivity index (χ2v) is 9.76. The van der Waals surface area contributed by atoms with Crippen molar-refractivity contribution in [2.45, 2.75) is 19.8 Å². The molecule has 47 heavy (non-hydrogen) atoms. The van der Waals surface area contributed by atoms with Gasteiger partial charge in [-0.15, -0.1) is 6.42 Å². The molecule has 0 atom stereocenters. The van der Waals surface area contributed by atoms with Crippen molar-refractivity contribution in [1.29, 1.82) is 0 Å². The predicted molar refractivity (Wildman–Crippen MR) is 177 cm³/mol. The summed E-state index contributed by atoms with van der Waals surface area (Å²) in [6.07, 6.45) is 7.32. The highest BCUT2D eigenvalue weighted by Crippen LogP contribution is 2.10. The Kier molecular flexibility index (Phi) is 31.8. The van der Waals surface area contributed by atoms with Crippen LogP contribution in [-0.2, 0) is 52.1 Å². The molecule has 13 heteroatoms. The fourth-order valence-corrected chi connectivity index (χ4v) is 3.52. The second kappa shape index (κ2) is 35.0. The summed E-state index contributed by atoms with van der Waals surface area (Å²) in [6, 6.07) is 7.28. The number of terminal acetylenes is 1. The van der Waals surface area contributed by atoms with Gasteiger partial charge in [0.1, 0.15) is 13.2 Å². The highest BCUT2D eigenvalue weighted by molar-refractivity contribution is 5.89. The van der Waals surface area contributed by atoms with Gasteiger partial charge < -0.3 is 57.4 Å². The van der Waals surface area contributed by atoms with E-state index >= 15 is 0 Å². The summed E-state index contributed by atoms with van der Waals surface area (Å²) in [7, 11) is 0. The van der Waals surface area contributed by atoms with E-state index in [-0.39, 0.29) is 12.6 Å². The molecule has 1 rings (SSSR count). The lowest BCUT2D eigenvalue weighted by atomic mass is 10.2. The molecule has 0 amide bonds. The fourth-order valence-electron chi connectivity index (χ4n) is 3.52. The van der Waals surface area contributed by atoms with Gasteiger partial charge in [-0.05, 0) is 30.7 Å². The number of hydrogen-bond donors (Lipinski definition) is 1. The molecule has 1 aromatic rings. The van der Waals surface area contributed by atoms with Crippen LogP contribution < -0.4 is 5.32 Å². The van der Waals surface area contributed by atoms with E-state index in [9.17, 15) is 4.79 Å². The lowest BCUT2D eigenvalue weighted by Crippen LogP contribution is -2.15. The van der Waals surface area contributed by atoms with Crippen LogP contribution in [0.15, 0.2) is 24.3 Å². The summed E-state index contributed by atoms with van der Waals surface area (Å²) in [4.78, 5) is 12.1. The van der Waals surface area contributed by atoms with Gasteiger partial charge in [0.15, 0.2) is 0 Å². The first-order valence-electron chi connectivity index (χ1n) is 16.5. The lowest BCUT2D eigenvalue weighted by molar-refractivity contribution is -0.0268. The van der Waals surface area contributed by atoms with Gasteiger partial charge >= 0.3 is 5.97 Å². The van der Waals surface area contributed by atoms with Crippen molar-refractivity contribution < 1.29 is 56.9 Å². The number of ether oxygens (including phenoxy) is 11. The Morgan fingerprint density at radius 1 is 0.553 bits per heavy atom. The number of rotatable bonds is 36. The summed E-state index contributed by atoms with van der Waals surface area (Å²) in [5, 5.41) is 3.32. The summed E-state index contributed by atoms with van der Waals surface area (Å²) in [6.45, 7) is 12.6. The summed E-state index contributed by atoms with van der Waals surface area (Å²) in [5.41, 5.74) is 1.51. The highest BCUT2D eigenvalue weighted by atomic mass is 16.6. The van der Waals surface area contributed by atoms with Gasteiger partial charge in [0.05, 0.1) is 131 Å². The average Bonchev–Trinajstić information content (AvgIpc) is 3.09. The Labute approximate surface area is 281 Å². The SMILES string of the molecule is C#CCOCCOCCOCCOCCOCCOCCOCCOCCOCCOCCOC(=O)c1ccc(NCCCC)cc1. The molecule has 0 aliphatic carbocycles. The molecule has 0 saturated heterocycles. The maximum atomic E-state index is 12.1. The molecule has 0 unspecified atom stereocenters. The molecule has 13 nitrogen and oxygen atoms in total. The highest BCUT2D eigenvalue weighted by Gasteiger charge is 2.06. The molecule has 1 N–H and O–H groups in total. The molecule has 0 aromatic heterocycles. The van der Waals surface area contributed by atoms with E-state index in [0.717, 1.165) is 25.1 Å². The third-order valence-electron chi connectivity index (χ3n) is 5.97. The van der Waals surface area contributed by atoms with Crippen LogP contribution in [0.5, 0.6) is 0 Å². The maximum absolute atomic E-state index is 12.1. The van der Waals surface area contributed by atoms with Gasteiger partial charge in [-0.3, -0.25) is 0 Å². The van der Waals surface area contributed by atoms with Crippen LogP contribution in [0.25, 0.3) is 0 Å². The van der Waals surface area contributed by atoms with Crippen LogP contribution in [0.1, 0.15) is 30.1 Å². The zero-order chi connectivity index (χ0) is 33.7. The molecule has 270 valence electrons. The summed E-state index contributed by atoms with van der Waals surface area (Å²) >= 11 is 0. The van der Waals surface area contributed by atoms with E-state index in [0.29, 0.717) is 138 Å². The molecule has 0 aliphatic rings. The van der Waals surface area contributed by atoms with Crippen molar-refractivity contribution >= 4 is 11.7 Å². The molecule has 1 aromatic carbocycles. The smallest absolute Gasteiger partial charge is 0.338 e. The van der Waals surface area contributed by atoms with Gasteiger partial charge in [-0.25, -0.2) is 4.79 Å². The Bertz CT molecular complexity index is 853. The zero-order valence-electron chi connectivity index (χ0n) is 28.3. The number of carbonyl (C=O) groups is 1. The molecule has 0 fully saturated rings. The summed E-state index contributed by atoms with van der Waals surface area (Å²) in [5.74, 6) is 2.03. The van der Waals surface area contributed by atoms with Crippen molar-refractivity contribution in [2.75, 3.05) is 151 Å². The largest absolute Gasteiger partial charge is 0.460 e. The molecular formula is C34H57NO12. The van der Waals surface area contributed by atoms with Crippen LogP contribution in [0.4, 0.5) is 5.69 Å². The van der Waals surface area contributed by atoms with E-state index in [1.165, 1.54) is 0 Å². The standard InChI is InChI=1S/C34H57NO12/c1-3-5-10-35-33-8-6-32(7-9-33)34(36)47-31-30-46-29-28-45-27-26-44-25-24-43-23-22-42-21-20-41-19-18-40-17-16-39-15-14-38-13-12-37-11-4-2/h2,6-9,35H,3,5,10-31H2,1H3. The van der Waals surface area contributed by atoms with Crippen LogP contribution >= 0.6 is 0 Å². The number of nitrogens with one attached hydrogen (secondary N) is 1. The third kappa shape index (κ3) is 29.5. The molecule has 0 spiro atoms. The lowest BCUT2D eigenvalue weighted by Gasteiger charge is -2.09. The fraction of sp³-hybridized carbons (Fsp3) is 0.735. The number of benzene rings is 1. The van der Waals surface area contributed by atoms with Crippen LogP contribution in [-0.4, -0.2) is 151 Å². The average molecular weight is 672 g/mol. The number of anilines is 1. The minimum atomic E-state index is -0.362. The topological polar surface area (TPSA) is 131 Å². The van der Waals surface area contributed by atoms with E-state index in [4.69, 9.17) is 58.5 Å². The Balaban J connectivity index is 1.71. The van der Waals surface area contributed by atoms with Crippen LogP contribution in [0.2, 0.25) is 0 Å².